The van der Waals surface area contributed by atoms with Gasteiger partial charge in [0.05, 0.1) is 4.90 Å². The lowest BCUT2D eigenvalue weighted by Crippen LogP contribution is -2.18. The van der Waals surface area contributed by atoms with E-state index in [1.165, 1.54) is 12.6 Å². The molecule has 124 valence electrons. The topological polar surface area (TPSA) is 46.2 Å². The number of sulfonamides is 1. The number of benzene rings is 2. The Hall–Kier alpha value is -1.65. The van der Waals surface area contributed by atoms with Crippen LogP contribution >= 0.6 is 0 Å². The summed E-state index contributed by atoms with van der Waals surface area (Å²) in [5.41, 5.74) is 3.61. The van der Waals surface area contributed by atoms with Gasteiger partial charge in [0.2, 0.25) is 10.0 Å². The third-order valence-electron chi connectivity index (χ3n) is 4.45. The molecule has 2 rings (SSSR count). The molecule has 1 atom stereocenters. The van der Waals surface area contributed by atoms with Crippen LogP contribution in [0.15, 0.2) is 53.4 Å². The quantitative estimate of drug-likeness (QED) is 0.902. The standard InChI is InChI=1S/C19H25NO2S/c1-14(19(2,3)4)16-7-6-8-17(13-16)15-9-11-18(12-10-15)23(21,22)20-5/h6-14,20H,1-5H3/t14-/m1/s1. The summed E-state index contributed by atoms with van der Waals surface area (Å²) in [5, 5.41) is 0. The lowest BCUT2D eigenvalue weighted by Gasteiger charge is -2.28. The van der Waals surface area contributed by atoms with Gasteiger partial charge in [0.15, 0.2) is 0 Å². The van der Waals surface area contributed by atoms with Crippen LogP contribution in [0.5, 0.6) is 0 Å². The molecule has 23 heavy (non-hydrogen) atoms. The Kier molecular flexibility index (Phi) is 4.97. The maximum atomic E-state index is 11.8. The van der Waals surface area contributed by atoms with E-state index in [0.717, 1.165) is 11.1 Å². The van der Waals surface area contributed by atoms with Crippen molar-refractivity contribution in [1.82, 2.24) is 4.72 Å². The van der Waals surface area contributed by atoms with E-state index in [-0.39, 0.29) is 10.3 Å². The summed E-state index contributed by atoms with van der Waals surface area (Å²) in [6.07, 6.45) is 0. The maximum absolute atomic E-state index is 11.8. The third kappa shape index (κ3) is 4.01. The summed E-state index contributed by atoms with van der Waals surface area (Å²) in [6.45, 7) is 8.95. The summed E-state index contributed by atoms with van der Waals surface area (Å²) >= 11 is 0. The van der Waals surface area contributed by atoms with E-state index >= 15 is 0 Å². The van der Waals surface area contributed by atoms with Crippen molar-refractivity contribution in [2.75, 3.05) is 7.05 Å². The molecule has 0 saturated carbocycles. The molecule has 0 radical (unpaired) electrons. The van der Waals surface area contributed by atoms with Crippen molar-refractivity contribution >= 4 is 10.0 Å². The zero-order valence-corrected chi connectivity index (χ0v) is 15.2. The first-order chi connectivity index (χ1) is 10.6. The summed E-state index contributed by atoms with van der Waals surface area (Å²) in [4.78, 5) is 0.281. The van der Waals surface area contributed by atoms with Crippen LogP contribution in [0.4, 0.5) is 0 Å². The van der Waals surface area contributed by atoms with E-state index < -0.39 is 10.0 Å². The fourth-order valence-electron chi connectivity index (χ4n) is 2.43. The molecular formula is C19H25NO2S. The fourth-order valence-corrected chi connectivity index (χ4v) is 3.16. The molecule has 2 aromatic rings. The zero-order chi connectivity index (χ0) is 17.3. The number of nitrogens with one attached hydrogen (secondary N) is 1. The van der Waals surface area contributed by atoms with Gasteiger partial charge in [-0.05, 0) is 47.2 Å². The van der Waals surface area contributed by atoms with Gasteiger partial charge in [0.1, 0.15) is 0 Å². The smallest absolute Gasteiger partial charge is 0.214 e. The average Bonchev–Trinajstić information content (AvgIpc) is 2.53. The van der Waals surface area contributed by atoms with Crippen molar-refractivity contribution in [3.05, 3.63) is 54.1 Å². The van der Waals surface area contributed by atoms with Crippen molar-refractivity contribution in [1.29, 1.82) is 0 Å². The van der Waals surface area contributed by atoms with Gasteiger partial charge in [0.25, 0.3) is 0 Å². The molecule has 4 heteroatoms. The van der Waals surface area contributed by atoms with Crippen molar-refractivity contribution < 1.29 is 8.42 Å². The minimum absolute atomic E-state index is 0.198. The maximum Gasteiger partial charge on any atom is 0.240 e. The zero-order valence-electron chi connectivity index (χ0n) is 14.4. The van der Waals surface area contributed by atoms with Gasteiger partial charge in [-0.3, -0.25) is 0 Å². The summed E-state index contributed by atoms with van der Waals surface area (Å²) in [6, 6.07) is 15.4. The largest absolute Gasteiger partial charge is 0.240 e. The molecular weight excluding hydrogens is 306 g/mol. The van der Waals surface area contributed by atoms with Gasteiger partial charge in [-0.2, -0.15) is 0 Å². The van der Waals surface area contributed by atoms with Gasteiger partial charge < -0.3 is 0 Å². The first-order valence-corrected chi connectivity index (χ1v) is 9.27. The van der Waals surface area contributed by atoms with Gasteiger partial charge >= 0.3 is 0 Å². The average molecular weight is 331 g/mol. The number of rotatable bonds is 4. The van der Waals surface area contributed by atoms with Crippen molar-refractivity contribution in [2.24, 2.45) is 5.41 Å². The Labute approximate surface area is 139 Å². The predicted octanol–water partition coefficient (Wildman–Crippen LogP) is 4.41. The van der Waals surface area contributed by atoms with E-state index in [9.17, 15) is 8.42 Å². The second-order valence-electron chi connectivity index (χ2n) is 6.95. The monoisotopic (exact) mass is 331 g/mol. The van der Waals surface area contributed by atoms with Crippen molar-refractivity contribution in [2.45, 2.75) is 38.5 Å². The number of hydrogen-bond acceptors (Lipinski definition) is 2. The van der Waals surface area contributed by atoms with Crippen molar-refractivity contribution in [3.8, 4) is 11.1 Å². The molecule has 0 heterocycles. The first-order valence-electron chi connectivity index (χ1n) is 7.79. The van der Waals surface area contributed by atoms with Crippen LogP contribution in [0.25, 0.3) is 11.1 Å². The Balaban J connectivity index is 2.37. The van der Waals surface area contributed by atoms with Crippen molar-refractivity contribution in [3.63, 3.8) is 0 Å². The van der Waals surface area contributed by atoms with Crippen LogP contribution in [0.2, 0.25) is 0 Å². The molecule has 1 N–H and O–H groups in total. The highest BCUT2D eigenvalue weighted by atomic mass is 32.2. The molecule has 2 aromatic carbocycles. The van der Waals surface area contributed by atoms with E-state index in [1.54, 1.807) is 12.1 Å². The molecule has 0 fully saturated rings. The Morgan fingerprint density at radius 2 is 1.57 bits per heavy atom. The van der Waals surface area contributed by atoms with Crippen LogP contribution in [0.3, 0.4) is 0 Å². The molecule has 0 aromatic heterocycles. The van der Waals surface area contributed by atoms with E-state index in [2.05, 4.69) is 56.7 Å². The highest BCUT2D eigenvalue weighted by Gasteiger charge is 2.21. The highest BCUT2D eigenvalue weighted by molar-refractivity contribution is 7.89. The Morgan fingerprint density at radius 1 is 0.957 bits per heavy atom. The molecule has 0 aliphatic carbocycles. The molecule has 0 saturated heterocycles. The minimum Gasteiger partial charge on any atom is -0.214 e. The second kappa shape index (κ2) is 6.46. The SMILES string of the molecule is CNS(=O)(=O)c1ccc(-c2cccc([C@@H](C)C(C)(C)C)c2)cc1. The second-order valence-corrected chi connectivity index (χ2v) is 8.83. The molecule has 0 amide bonds. The van der Waals surface area contributed by atoms with E-state index in [0.29, 0.717) is 5.92 Å². The van der Waals surface area contributed by atoms with Gasteiger partial charge in [-0.1, -0.05) is 64.1 Å². The van der Waals surface area contributed by atoms with Crippen LogP contribution in [-0.4, -0.2) is 15.5 Å². The van der Waals surface area contributed by atoms with Gasteiger partial charge in [-0.15, -0.1) is 0 Å². The summed E-state index contributed by atoms with van der Waals surface area (Å²) in [7, 11) is -1.97. The first kappa shape index (κ1) is 17.7. The lowest BCUT2D eigenvalue weighted by atomic mass is 9.77. The lowest BCUT2D eigenvalue weighted by molar-refractivity contribution is 0.339. The highest BCUT2D eigenvalue weighted by Crippen LogP contribution is 2.36. The fraction of sp³-hybridized carbons (Fsp3) is 0.368. The summed E-state index contributed by atoms with van der Waals surface area (Å²) < 4.78 is 25.9. The predicted molar refractivity (Wildman–Crippen MR) is 96.0 cm³/mol. The Morgan fingerprint density at radius 3 is 2.09 bits per heavy atom. The normalized spacial score (nSPS) is 13.8. The molecule has 0 bridgehead atoms. The van der Waals surface area contributed by atoms with Crippen LogP contribution < -0.4 is 4.72 Å². The molecule has 0 unspecified atom stereocenters. The minimum atomic E-state index is -3.39. The van der Waals surface area contributed by atoms with Gasteiger partial charge in [0, 0.05) is 0 Å². The van der Waals surface area contributed by atoms with Crippen LogP contribution in [0, 0.1) is 5.41 Å². The Bertz CT molecular complexity index is 772. The number of hydrogen-bond donors (Lipinski definition) is 1. The van der Waals surface area contributed by atoms with Crippen LogP contribution in [-0.2, 0) is 10.0 Å². The molecule has 0 aliphatic heterocycles. The van der Waals surface area contributed by atoms with Gasteiger partial charge in [-0.25, -0.2) is 13.1 Å². The van der Waals surface area contributed by atoms with E-state index in [1.807, 2.05) is 12.1 Å². The van der Waals surface area contributed by atoms with Crippen LogP contribution in [0.1, 0.15) is 39.2 Å². The molecule has 0 aliphatic rings. The molecule has 3 nitrogen and oxygen atoms in total. The van der Waals surface area contributed by atoms with E-state index in [4.69, 9.17) is 0 Å². The molecule has 0 spiro atoms. The third-order valence-corrected chi connectivity index (χ3v) is 5.88. The summed E-state index contributed by atoms with van der Waals surface area (Å²) in [5.74, 6) is 0.436.